The number of fused-ring (bicyclic) bond motifs is 4. The summed E-state index contributed by atoms with van der Waals surface area (Å²) < 4.78 is 18.5. The maximum absolute atomic E-state index is 14.4. The molecule has 0 radical (unpaired) electrons. The summed E-state index contributed by atoms with van der Waals surface area (Å²) in [4.78, 5) is 128. The molecule has 25 heteroatoms. The minimum atomic E-state index is -1.08. The zero-order valence-corrected chi connectivity index (χ0v) is 50.7. The number of hydrogen-bond donors (Lipinski definition) is 6. The number of nitrogens with zero attached hydrogens (tertiary/aromatic N) is 5. The van der Waals surface area contributed by atoms with Crippen molar-refractivity contribution < 1.29 is 57.4 Å². The van der Waals surface area contributed by atoms with Crippen LogP contribution in [0.3, 0.4) is 0 Å². The van der Waals surface area contributed by atoms with Gasteiger partial charge < -0.3 is 60.9 Å². The highest BCUT2D eigenvalue weighted by Crippen LogP contribution is 2.49. The number of imide groups is 1. The number of ether oxygens (including phenoxy) is 3. The number of primary amides is 1. The van der Waals surface area contributed by atoms with Gasteiger partial charge in [0.15, 0.2) is 5.75 Å². The molecular formula is C61H76ClN11O12S. The Morgan fingerprint density at radius 1 is 0.860 bits per heavy atom. The zero-order chi connectivity index (χ0) is 61.6. The van der Waals surface area contributed by atoms with Gasteiger partial charge in [0.05, 0.1) is 10.4 Å². The molecule has 0 aliphatic carbocycles. The first-order chi connectivity index (χ1) is 41.3. The molecular weight excluding hydrogens is 1150 g/mol. The number of rotatable bonds is 28. The van der Waals surface area contributed by atoms with Crippen LogP contribution in [0, 0.1) is 12.8 Å². The second-order valence-electron chi connectivity index (χ2n) is 22.2. The summed E-state index contributed by atoms with van der Waals surface area (Å²) >= 11 is 8.04. The first kappa shape index (κ1) is 63.8. The molecule has 5 aromatic rings. The van der Waals surface area contributed by atoms with E-state index in [0.29, 0.717) is 60.8 Å². The monoisotopic (exact) mass is 1220 g/mol. The zero-order valence-electron chi connectivity index (χ0n) is 49.2. The molecule has 3 aliphatic heterocycles. The Morgan fingerprint density at radius 2 is 1.58 bits per heavy atom. The molecule has 0 saturated carbocycles. The third kappa shape index (κ3) is 16.4. The first-order valence-electron chi connectivity index (χ1n) is 29.1. The number of thiophene rings is 1. The number of alkyl halides is 1. The Kier molecular flexibility index (Phi) is 22.1. The second kappa shape index (κ2) is 29.7. The number of nitrogens with two attached hydrogens (primary N) is 1. The molecule has 23 nitrogen and oxygen atoms in total. The molecule has 8 rings (SSSR count). The van der Waals surface area contributed by atoms with Crippen molar-refractivity contribution in [3.63, 3.8) is 0 Å². The fraction of sp³-hybridized carbons (Fsp3) is 0.459. The maximum atomic E-state index is 14.4. The number of aromatic nitrogens is 1. The standard InChI is InChI=1S/C61H76ClN11O12S/c1-37(2)54(68-49(74)13-7-6-8-25-72-50(75)20-21-51(72)76)57(78)67-45(12-11-22-64-59(63)80)56(77)65-42-16-14-39(15-17-42)35-84-60(81)69(4)26-27-70(5)61(82)85-48-32-47-53(52-38(3)36-86-55(48)52)41(33-62)34-73(47)58(79)46-31-40-30-43(18-19-44(40)66-46)83-29-28-71-23-9-10-24-71/h14-21,30-32,36-37,41,45,54,66H,6-13,22-29,33-35H2,1-5H3,(H,65,77)(H,67,78)(H,68,74)(H3,63,64,80)/t41-,45-,54?/m0/s1. The predicted octanol–water partition coefficient (Wildman–Crippen LogP) is 7.35. The van der Waals surface area contributed by atoms with Crippen molar-refractivity contribution in [3.8, 4) is 11.5 Å². The number of carbonyl (C=O) groups is 9. The Morgan fingerprint density at radius 3 is 2.28 bits per heavy atom. The van der Waals surface area contributed by atoms with Crippen LogP contribution in [0.4, 0.5) is 25.8 Å². The average molecular weight is 1220 g/mol. The third-order valence-corrected chi connectivity index (χ3v) is 17.0. The fourth-order valence-electron chi connectivity index (χ4n) is 10.6. The van der Waals surface area contributed by atoms with E-state index in [1.54, 1.807) is 56.1 Å². The average Bonchev–Trinajstić information content (AvgIpc) is 1.74. The number of urea groups is 1. The van der Waals surface area contributed by atoms with Crippen LogP contribution in [0.5, 0.6) is 11.5 Å². The normalized spacial score (nSPS) is 15.5. The molecule has 0 bridgehead atoms. The topological polar surface area (TPSA) is 287 Å². The summed E-state index contributed by atoms with van der Waals surface area (Å²) in [7, 11) is 3.10. The number of unbranched alkanes of at least 4 members (excludes halogenated alkanes) is 2. The van der Waals surface area contributed by atoms with Gasteiger partial charge in [-0.25, -0.2) is 14.4 Å². The molecule has 3 aromatic carbocycles. The lowest BCUT2D eigenvalue weighted by Gasteiger charge is -2.25. The van der Waals surface area contributed by atoms with Gasteiger partial charge >= 0.3 is 18.2 Å². The summed E-state index contributed by atoms with van der Waals surface area (Å²) in [6.45, 7) is 9.92. The smallest absolute Gasteiger partial charge is 0.415 e. The predicted molar refractivity (Wildman–Crippen MR) is 328 cm³/mol. The van der Waals surface area contributed by atoms with Crippen LogP contribution in [0.2, 0.25) is 0 Å². The number of carbonyl (C=O) groups excluding carboxylic acids is 9. The molecule has 1 unspecified atom stereocenters. The molecule has 1 fully saturated rings. The summed E-state index contributed by atoms with van der Waals surface area (Å²) in [5, 5.41) is 14.5. The van der Waals surface area contributed by atoms with Gasteiger partial charge in [0, 0.05) is 112 Å². The van der Waals surface area contributed by atoms with Gasteiger partial charge in [-0.3, -0.25) is 38.6 Å². The second-order valence-corrected chi connectivity index (χ2v) is 23.4. The molecule has 0 spiro atoms. The number of anilines is 2. The van der Waals surface area contributed by atoms with Gasteiger partial charge in [-0.1, -0.05) is 32.4 Å². The van der Waals surface area contributed by atoms with Gasteiger partial charge in [0.2, 0.25) is 17.7 Å². The molecule has 7 N–H and O–H groups in total. The molecule has 2 aromatic heterocycles. The van der Waals surface area contributed by atoms with Crippen LogP contribution in [-0.2, 0) is 35.3 Å². The van der Waals surface area contributed by atoms with E-state index in [9.17, 15) is 43.2 Å². The van der Waals surface area contributed by atoms with Crippen LogP contribution in [-0.4, -0.2) is 169 Å². The van der Waals surface area contributed by atoms with Gasteiger partial charge in [0.1, 0.15) is 36.7 Å². The van der Waals surface area contributed by atoms with E-state index in [0.717, 1.165) is 62.4 Å². The number of H-pyrrole nitrogens is 1. The van der Waals surface area contributed by atoms with E-state index in [-0.39, 0.29) is 93.4 Å². The maximum Gasteiger partial charge on any atom is 0.415 e. The van der Waals surface area contributed by atoms with E-state index in [2.05, 4.69) is 31.2 Å². The molecule has 1 saturated heterocycles. The quantitative estimate of drug-likeness (QED) is 0.0163. The van der Waals surface area contributed by atoms with E-state index in [1.165, 1.54) is 53.2 Å². The number of hydrogen-bond acceptors (Lipinski definition) is 14. The van der Waals surface area contributed by atoms with Gasteiger partial charge in [-0.2, -0.15) is 0 Å². The summed E-state index contributed by atoms with van der Waals surface area (Å²) in [6.07, 6.45) is 5.60. The number of aromatic amines is 1. The van der Waals surface area contributed by atoms with Crippen molar-refractivity contribution in [2.24, 2.45) is 11.7 Å². The number of nitrogens with one attached hydrogen (secondary N) is 5. The minimum absolute atomic E-state index is 0.0887. The van der Waals surface area contributed by atoms with E-state index >= 15 is 0 Å². The van der Waals surface area contributed by atoms with Crippen molar-refractivity contribution in [3.05, 3.63) is 94.5 Å². The highest BCUT2D eigenvalue weighted by molar-refractivity contribution is 7.17. The third-order valence-electron chi connectivity index (χ3n) is 15.5. The lowest BCUT2D eigenvalue weighted by Crippen LogP contribution is -2.54. The van der Waals surface area contributed by atoms with Crippen molar-refractivity contribution in [1.29, 1.82) is 0 Å². The van der Waals surface area contributed by atoms with E-state index in [1.807, 2.05) is 36.6 Å². The molecule has 3 aliphatic rings. The van der Waals surface area contributed by atoms with Crippen LogP contribution >= 0.6 is 22.9 Å². The van der Waals surface area contributed by atoms with Gasteiger partial charge in [-0.15, -0.1) is 22.9 Å². The Labute approximate surface area is 508 Å². The fourth-order valence-corrected chi connectivity index (χ4v) is 11.9. The number of likely N-dealkylation sites (tertiary alicyclic amines) is 1. The van der Waals surface area contributed by atoms with Crippen LogP contribution < -0.4 is 41.4 Å². The molecule has 86 heavy (non-hydrogen) atoms. The van der Waals surface area contributed by atoms with Gasteiger partial charge in [-0.05, 0) is 123 Å². The highest BCUT2D eigenvalue weighted by atomic mass is 35.5. The number of amides is 10. The van der Waals surface area contributed by atoms with Crippen LogP contribution in [0.25, 0.3) is 21.0 Å². The number of halogens is 1. The van der Waals surface area contributed by atoms with Crippen molar-refractivity contribution >= 4 is 109 Å². The Balaban J connectivity index is 0.811. The summed E-state index contributed by atoms with van der Waals surface area (Å²) in [5.41, 5.74) is 9.90. The number of benzene rings is 3. The molecule has 5 heterocycles. The molecule has 3 atom stereocenters. The summed E-state index contributed by atoms with van der Waals surface area (Å²) in [6, 6.07) is 13.1. The Bertz CT molecular complexity index is 3320. The highest BCUT2D eigenvalue weighted by Gasteiger charge is 2.37. The van der Waals surface area contributed by atoms with E-state index in [4.69, 9.17) is 31.5 Å². The summed E-state index contributed by atoms with van der Waals surface area (Å²) in [5.74, 6) is -1.71. The lowest BCUT2D eigenvalue weighted by atomic mass is 9.97. The van der Waals surface area contributed by atoms with Crippen molar-refractivity contribution in [1.82, 2.24) is 40.5 Å². The van der Waals surface area contributed by atoms with Crippen molar-refractivity contribution in [2.75, 3.05) is 89.2 Å². The number of likely N-dealkylation sites (N-methyl/N-ethyl adjacent to an activating group) is 2. The molecule has 460 valence electrons. The first-order valence-corrected chi connectivity index (χ1v) is 30.5. The van der Waals surface area contributed by atoms with E-state index < -0.39 is 42.1 Å². The van der Waals surface area contributed by atoms with Gasteiger partial charge in [0.25, 0.3) is 17.7 Å². The van der Waals surface area contributed by atoms with Crippen LogP contribution in [0.1, 0.15) is 98.3 Å². The Hall–Kier alpha value is -8.22. The minimum Gasteiger partial charge on any atom is -0.492 e. The van der Waals surface area contributed by atoms with Crippen LogP contribution in [0.15, 0.2) is 72.1 Å². The molecule has 10 amide bonds. The lowest BCUT2D eigenvalue weighted by molar-refractivity contribution is -0.137. The number of aryl methyl sites for hydroxylation is 1. The van der Waals surface area contributed by atoms with Crippen molar-refractivity contribution in [2.45, 2.75) is 96.7 Å². The largest absolute Gasteiger partial charge is 0.492 e. The SMILES string of the molecule is Cc1csc2c(OC(=O)N(C)CCN(C)C(=O)OCc3ccc(NC(=O)[C@H](CCCNC(N)=O)NC(=O)C(NC(=O)CCCCCN4C(=O)C=CC4=O)C(C)C)cc3)cc3c(c12)[C@@H](CCl)CN3C(=O)c1cc2cc(OCCN3CCCC3)ccc2[nH]1.